The Balaban J connectivity index is 1.63. The summed E-state index contributed by atoms with van der Waals surface area (Å²) in [4.78, 5) is 18.7. The average Bonchev–Trinajstić information content (AvgIpc) is 2.89. The third kappa shape index (κ3) is 6.00. The quantitative estimate of drug-likeness (QED) is 0.352. The van der Waals surface area contributed by atoms with Crippen LogP contribution < -0.4 is 10.2 Å². The lowest BCUT2D eigenvalue weighted by Crippen LogP contribution is -2.42. The van der Waals surface area contributed by atoms with Crippen LogP contribution in [0.4, 0.5) is 20.2 Å². The van der Waals surface area contributed by atoms with Gasteiger partial charge in [-0.05, 0) is 79.8 Å². The molecule has 0 radical (unpaired) electrons. The van der Waals surface area contributed by atoms with Crippen LogP contribution in [0.3, 0.4) is 0 Å². The molecule has 198 valence electrons. The first kappa shape index (κ1) is 27.2. The van der Waals surface area contributed by atoms with Gasteiger partial charge in [0.05, 0.1) is 18.1 Å². The largest absolute Gasteiger partial charge is 0.380 e. The van der Waals surface area contributed by atoms with Crippen molar-refractivity contribution >= 4 is 17.3 Å². The molecule has 1 amide bonds. The minimum Gasteiger partial charge on any atom is -0.380 e. The molecule has 2 heterocycles. The fourth-order valence-corrected chi connectivity index (χ4v) is 4.78. The first-order valence-corrected chi connectivity index (χ1v) is 12.7. The molecule has 1 aliphatic rings. The van der Waals surface area contributed by atoms with Gasteiger partial charge in [-0.3, -0.25) is 9.78 Å². The van der Waals surface area contributed by atoms with E-state index in [4.69, 9.17) is 4.74 Å². The smallest absolute Gasteiger partial charge is 0.286 e. The number of halogens is 2. The first-order valence-electron chi connectivity index (χ1n) is 12.7. The van der Waals surface area contributed by atoms with E-state index in [-0.39, 0.29) is 5.56 Å². The zero-order valence-corrected chi connectivity index (χ0v) is 22.1. The molecule has 8 heteroatoms. The molecular formula is C30H32F2N4O2. The number of hydrogen-bond donors (Lipinski definition) is 1. The molecule has 0 aliphatic carbocycles. The number of nitriles is 1. The van der Waals surface area contributed by atoms with Crippen LogP contribution in [0.5, 0.6) is 0 Å². The Bertz CT molecular complexity index is 1380. The number of carbonyl (C=O) groups excluding carboxylic acids is 1. The van der Waals surface area contributed by atoms with Gasteiger partial charge in [-0.25, -0.2) is 0 Å². The van der Waals surface area contributed by atoms with Gasteiger partial charge in [0.2, 0.25) is 0 Å². The van der Waals surface area contributed by atoms with E-state index in [0.29, 0.717) is 38.4 Å². The summed E-state index contributed by atoms with van der Waals surface area (Å²) in [7, 11) is 0. The van der Waals surface area contributed by atoms with Crippen LogP contribution >= 0.6 is 0 Å². The zero-order chi connectivity index (χ0) is 27.5. The van der Waals surface area contributed by atoms with E-state index in [0.717, 1.165) is 40.9 Å². The molecule has 6 nitrogen and oxygen atoms in total. The Labute approximate surface area is 222 Å². The number of anilines is 2. The summed E-state index contributed by atoms with van der Waals surface area (Å²) in [6.45, 7) is 9.20. The Morgan fingerprint density at radius 2 is 2.03 bits per heavy atom. The molecule has 3 aromatic rings. The zero-order valence-electron chi connectivity index (χ0n) is 22.1. The molecular weight excluding hydrogens is 486 g/mol. The Morgan fingerprint density at radius 1 is 1.24 bits per heavy atom. The lowest BCUT2D eigenvalue weighted by Gasteiger charge is -2.39. The lowest BCUT2D eigenvalue weighted by molar-refractivity contribution is 0.0127. The number of nitrogens with one attached hydrogen (secondary N) is 1. The van der Waals surface area contributed by atoms with Crippen molar-refractivity contribution in [3.05, 3.63) is 77.1 Å². The third-order valence-electron chi connectivity index (χ3n) is 6.80. The highest BCUT2D eigenvalue weighted by molar-refractivity contribution is 6.04. The number of fused-ring (bicyclic) bond motifs is 1. The molecule has 1 atom stereocenters. The van der Waals surface area contributed by atoms with Crippen molar-refractivity contribution in [3.63, 3.8) is 0 Å². The van der Waals surface area contributed by atoms with Crippen molar-refractivity contribution in [3.8, 4) is 17.2 Å². The van der Waals surface area contributed by atoms with Crippen LogP contribution in [-0.2, 0) is 17.1 Å². The van der Waals surface area contributed by atoms with Crippen molar-refractivity contribution in [1.29, 1.82) is 5.26 Å². The summed E-state index contributed by atoms with van der Waals surface area (Å²) in [6, 6.07) is 16.8. The number of ether oxygens (including phenoxy) is 1. The van der Waals surface area contributed by atoms with Crippen molar-refractivity contribution in [2.24, 2.45) is 5.41 Å². The van der Waals surface area contributed by atoms with Crippen LogP contribution in [-0.4, -0.2) is 37.2 Å². The van der Waals surface area contributed by atoms with Crippen LogP contribution in [0.15, 0.2) is 54.7 Å². The summed E-state index contributed by atoms with van der Waals surface area (Å²) in [5, 5.41) is 12.6. The number of pyridine rings is 1. The number of benzene rings is 2. The second-order valence-electron chi connectivity index (χ2n) is 10.1. The van der Waals surface area contributed by atoms with Crippen LogP contribution in [0.1, 0.15) is 48.0 Å². The van der Waals surface area contributed by atoms with Crippen LogP contribution in [0.2, 0.25) is 0 Å². The minimum atomic E-state index is -3.14. The van der Waals surface area contributed by atoms with Crippen molar-refractivity contribution in [2.45, 2.75) is 40.0 Å². The maximum absolute atomic E-state index is 13.7. The van der Waals surface area contributed by atoms with Crippen LogP contribution in [0.25, 0.3) is 11.1 Å². The number of nitrogens with zero attached hydrogens (tertiary/aromatic N) is 3. The highest BCUT2D eigenvalue weighted by Gasteiger charge is 2.34. The number of aryl methyl sites for hydroxylation is 1. The molecule has 2 aromatic carbocycles. The Morgan fingerprint density at radius 3 is 2.74 bits per heavy atom. The van der Waals surface area contributed by atoms with E-state index >= 15 is 0 Å². The second-order valence-corrected chi connectivity index (χ2v) is 10.1. The van der Waals surface area contributed by atoms with E-state index < -0.39 is 22.9 Å². The molecule has 0 bridgehead atoms. The standard InChI is InChI=1S/C30H32F2N4O2/c1-5-38-13-12-36-19-29(3,18-33)17-23-8-7-21(14-26(23)36)25-16-24(9-6-20(25)2)35-28(37)22-10-11-34-27(15-22)30(4,31)32/h6-11,14-16H,5,12-13,17,19H2,1-4H3,(H,35,37)/t29-/m0/s1. The summed E-state index contributed by atoms with van der Waals surface area (Å²) in [5.74, 6) is -3.63. The fourth-order valence-electron chi connectivity index (χ4n) is 4.78. The number of rotatable bonds is 8. The third-order valence-corrected chi connectivity index (χ3v) is 6.80. The number of aromatic nitrogens is 1. The SMILES string of the molecule is CCOCCN1C[C@](C)(C#N)Cc2ccc(-c3cc(NC(=O)c4ccnc(C(C)(F)F)c4)ccc3C)cc21. The predicted molar refractivity (Wildman–Crippen MR) is 145 cm³/mol. The molecule has 0 fully saturated rings. The van der Waals surface area contributed by atoms with E-state index in [1.807, 2.05) is 39.0 Å². The van der Waals surface area contributed by atoms with Crippen LogP contribution in [0, 0.1) is 23.7 Å². The van der Waals surface area contributed by atoms with Crippen molar-refractivity contribution in [1.82, 2.24) is 4.98 Å². The van der Waals surface area contributed by atoms with E-state index in [2.05, 4.69) is 33.4 Å². The van der Waals surface area contributed by atoms with Gasteiger partial charge in [-0.15, -0.1) is 0 Å². The van der Waals surface area contributed by atoms with Gasteiger partial charge in [-0.1, -0.05) is 18.2 Å². The maximum atomic E-state index is 13.7. The summed E-state index contributed by atoms with van der Waals surface area (Å²) >= 11 is 0. The topological polar surface area (TPSA) is 78.2 Å². The maximum Gasteiger partial charge on any atom is 0.286 e. The van der Waals surface area contributed by atoms with E-state index in [1.54, 1.807) is 6.07 Å². The summed E-state index contributed by atoms with van der Waals surface area (Å²) < 4.78 is 33.0. The molecule has 1 N–H and O–H groups in total. The molecule has 0 spiro atoms. The molecule has 0 saturated carbocycles. The van der Waals surface area contributed by atoms with Gasteiger partial charge in [0.1, 0.15) is 5.69 Å². The van der Waals surface area contributed by atoms with E-state index in [9.17, 15) is 18.8 Å². The number of amides is 1. The van der Waals surface area contributed by atoms with Crippen molar-refractivity contribution < 1.29 is 18.3 Å². The molecule has 0 saturated heterocycles. The Hall–Kier alpha value is -3.83. The van der Waals surface area contributed by atoms with Gasteiger partial charge >= 0.3 is 0 Å². The van der Waals surface area contributed by atoms with Gasteiger partial charge < -0.3 is 15.0 Å². The normalized spacial score (nSPS) is 17.0. The number of alkyl halides is 2. The van der Waals surface area contributed by atoms with Gasteiger partial charge in [0.25, 0.3) is 11.8 Å². The monoisotopic (exact) mass is 518 g/mol. The first-order chi connectivity index (χ1) is 18.0. The van der Waals surface area contributed by atoms with Crippen molar-refractivity contribution in [2.75, 3.05) is 36.5 Å². The average molecular weight is 519 g/mol. The molecule has 0 unspecified atom stereocenters. The molecule has 1 aromatic heterocycles. The fraction of sp³-hybridized carbons (Fsp3) is 0.367. The molecule has 1 aliphatic heterocycles. The minimum absolute atomic E-state index is 0.109. The highest BCUT2D eigenvalue weighted by Crippen LogP contribution is 2.39. The molecule has 38 heavy (non-hydrogen) atoms. The lowest BCUT2D eigenvalue weighted by atomic mass is 9.80. The summed E-state index contributed by atoms with van der Waals surface area (Å²) in [5.41, 5.74) is 4.88. The van der Waals surface area contributed by atoms with E-state index in [1.165, 1.54) is 12.3 Å². The Kier molecular flexibility index (Phi) is 7.79. The van der Waals surface area contributed by atoms with Gasteiger partial charge in [0.15, 0.2) is 0 Å². The highest BCUT2D eigenvalue weighted by atomic mass is 19.3. The molecule has 4 rings (SSSR count). The number of hydrogen-bond acceptors (Lipinski definition) is 5. The van der Waals surface area contributed by atoms with Gasteiger partial charge in [0, 0.05) is 49.8 Å². The summed E-state index contributed by atoms with van der Waals surface area (Å²) in [6.07, 6.45) is 1.88. The number of carbonyl (C=O) groups is 1. The predicted octanol–water partition coefficient (Wildman–Crippen LogP) is 6.35. The second kappa shape index (κ2) is 10.9. The van der Waals surface area contributed by atoms with Gasteiger partial charge in [-0.2, -0.15) is 14.0 Å².